The Hall–Kier alpha value is -2.46. The van der Waals surface area contributed by atoms with Gasteiger partial charge in [-0.15, -0.1) is 0 Å². The number of anilines is 1. The van der Waals surface area contributed by atoms with Crippen LogP contribution in [-0.4, -0.2) is 37.0 Å². The largest absolute Gasteiger partial charge is 0.363 e. The number of nitrogens with zero attached hydrogens (tertiary/aromatic N) is 3. The number of carbonyl (C=O) groups excluding carboxylic acids is 1. The Morgan fingerprint density at radius 2 is 1.83 bits per heavy atom. The number of benzene rings is 1. The second-order valence-corrected chi connectivity index (χ2v) is 5.97. The Labute approximate surface area is 136 Å². The van der Waals surface area contributed by atoms with Crippen LogP contribution in [0.3, 0.4) is 0 Å². The molecule has 2 heterocycles. The Balaban J connectivity index is 1.72. The fourth-order valence-electron chi connectivity index (χ4n) is 2.63. The fraction of sp³-hybridized carbons (Fsp3) is 0.250. The van der Waals surface area contributed by atoms with Gasteiger partial charge in [0.15, 0.2) is 11.6 Å². The van der Waals surface area contributed by atoms with E-state index in [0.717, 1.165) is 12.1 Å². The molecule has 0 radical (unpaired) electrons. The van der Waals surface area contributed by atoms with E-state index >= 15 is 0 Å². The molecule has 3 rings (SSSR count). The van der Waals surface area contributed by atoms with Gasteiger partial charge in [-0.25, -0.2) is 8.78 Å². The van der Waals surface area contributed by atoms with Crippen LogP contribution in [0.15, 0.2) is 29.0 Å². The standard InChI is InChI=1S/C16H13F2N3OS/c17-13-7-11(9-19)8-14(18)15(13)20-2-4-21(5-3-20)16(22)12-1-6-23-10-12/h1,6-8,10H,2-5H2. The molecule has 1 saturated heterocycles. The minimum atomic E-state index is -0.751. The number of carbonyl (C=O) groups is 1. The van der Waals surface area contributed by atoms with Gasteiger partial charge in [-0.05, 0) is 23.6 Å². The average Bonchev–Trinajstić information content (AvgIpc) is 3.08. The van der Waals surface area contributed by atoms with Gasteiger partial charge in [0, 0.05) is 31.6 Å². The van der Waals surface area contributed by atoms with Crippen LogP contribution in [0.5, 0.6) is 0 Å². The maximum Gasteiger partial charge on any atom is 0.254 e. The van der Waals surface area contributed by atoms with Crippen LogP contribution in [0.4, 0.5) is 14.5 Å². The first-order valence-corrected chi connectivity index (χ1v) is 8.00. The van der Waals surface area contributed by atoms with Crippen molar-refractivity contribution < 1.29 is 13.6 Å². The molecule has 1 amide bonds. The van der Waals surface area contributed by atoms with E-state index in [0.29, 0.717) is 31.7 Å². The second kappa shape index (κ2) is 6.34. The first-order valence-electron chi connectivity index (χ1n) is 7.05. The van der Waals surface area contributed by atoms with Crippen molar-refractivity contribution in [2.45, 2.75) is 0 Å². The maximum absolute atomic E-state index is 14.0. The Kier molecular flexibility index (Phi) is 4.26. The highest BCUT2D eigenvalue weighted by molar-refractivity contribution is 7.08. The molecule has 2 aromatic rings. The Morgan fingerprint density at radius 3 is 2.35 bits per heavy atom. The maximum atomic E-state index is 14.0. The van der Waals surface area contributed by atoms with E-state index in [9.17, 15) is 13.6 Å². The number of thiophene rings is 1. The van der Waals surface area contributed by atoms with Crippen molar-refractivity contribution >= 4 is 22.9 Å². The summed E-state index contributed by atoms with van der Waals surface area (Å²) >= 11 is 1.45. The molecule has 0 bridgehead atoms. The van der Waals surface area contributed by atoms with Crippen molar-refractivity contribution in [1.29, 1.82) is 5.26 Å². The molecule has 1 fully saturated rings. The highest BCUT2D eigenvalue weighted by Crippen LogP contribution is 2.26. The third kappa shape index (κ3) is 3.03. The SMILES string of the molecule is N#Cc1cc(F)c(N2CCN(C(=O)c3ccsc3)CC2)c(F)c1. The van der Waals surface area contributed by atoms with Crippen LogP contribution in [0.1, 0.15) is 15.9 Å². The predicted molar refractivity (Wildman–Crippen MR) is 83.5 cm³/mol. The molecule has 0 N–H and O–H groups in total. The van der Waals surface area contributed by atoms with Gasteiger partial charge in [-0.3, -0.25) is 4.79 Å². The lowest BCUT2D eigenvalue weighted by Crippen LogP contribution is -2.49. The topological polar surface area (TPSA) is 47.3 Å². The minimum Gasteiger partial charge on any atom is -0.363 e. The predicted octanol–water partition coefficient (Wildman–Crippen LogP) is 2.86. The van der Waals surface area contributed by atoms with Gasteiger partial charge in [0.2, 0.25) is 0 Å². The third-order valence-corrected chi connectivity index (χ3v) is 4.48. The molecule has 0 aliphatic carbocycles. The highest BCUT2D eigenvalue weighted by atomic mass is 32.1. The fourth-order valence-corrected chi connectivity index (χ4v) is 3.26. The normalized spacial score (nSPS) is 14.7. The van der Waals surface area contributed by atoms with Gasteiger partial charge in [0.05, 0.1) is 17.2 Å². The van der Waals surface area contributed by atoms with Gasteiger partial charge in [-0.2, -0.15) is 16.6 Å². The van der Waals surface area contributed by atoms with Crippen molar-refractivity contribution in [2.75, 3.05) is 31.1 Å². The van der Waals surface area contributed by atoms with Gasteiger partial charge in [0.25, 0.3) is 5.91 Å². The van der Waals surface area contributed by atoms with Crippen LogP contribution in [-0.2, 0) is 0 Å². The summed E-state index contributed by atoms with van der Waals surface area (Å²) in [5, 5.41) is 12.4. The first kappa shape index (κ1) is 15.4. The summed E-state index contributed by atoms with van der Waals surface area (Å²) in [5.74, 6) is -1.56. The van der Waals surface area contributed by atoms with Gasteiger partial charge < -0.3 is 9.80 Å². The van der Waals surface area contributed by atoms with E-state index in [4.69, 9.17) is 5.26 Å². The smallest absolute Gasteiger partial charge is 0.254 e. The van der Waals surface area contributed by atoms with Crippen LogP contribution in [0.2, 0.25) is 0 Å². The lowest BCUT2D eigenvalue weighted by atomic mass is 10.1. The second-order valence-electron chi connectivity index (χ2n) is 5.19. The minimum absolute atomic E-state index is 0.0463. The van der Waals surface area contributed by atoms with Gasteiger partial charge in [0.1, 0.15) is 5.69 Å². The number of hydrogen-bond acceptors (Lipinski definition) is 4. The van der Waals surface area contributed by atoms with E-state index < -0.39 is 11.6 Å². The molecule has 1 aromatic heterocycles. The van der Waals surface area contributed by atoms with Crippen molar-refractivity contribution in [3.8, 4) is 6.07 Å². The van der Waals surface area contributed by atoms with E-state index in [2.05, 4.69) is 0 Å². The zero-order valence-electron chi connectivity index (χ0n) is 12.1. The van der Waals surface area contributed by atoms with Crippen molar-refractivity contribution in [1.82, 2.24) is 4.90 Å². The molecule has 1 aliphatic rings. The summed E-state index contributed by atoms with van der Waals surface area (Å²) in [6, 6.07) is 5.55. The van der Waals surface area contributed by atoms with Crippen molar-refractivity contribution in [2.24, 2.45) is 0 Å². The molecule has 118 valence electrons. The molecular weight excluding hydrogens is 320 g/mol. The molecule has 0 unspecified atom stereocenters. The van der Waals surface area contributed by atoms with E-state index in [1.807, 2.05) is 5.38 Å². The monoisotopic (exact) mass is 333 g/mol. The summed E-state index contributed by atoms with van der Waals surface area (Å²) in [5.41, 5.74) is 0.459. The lowest BCUT2D eigenvalue weighted by molar-refractivity contribution is 0.0747. The molecule has 4 nitrogen and oxygen atoms in total. The Morgan fingerprint density at radius 1 is 1.17 bits per heavy atom. The van der Waals surface area contributed by atoms with Crippen LogP contribution >= 0.6 is 11.3 Å². The van der Waals surface area contributed by atoms with Crippen LogP contribution < -0.4 is 4.90 Å². The number of amides is 1. The van der Waals surface area contributed by atoms with E-state index in [1.54, 1.807) is 27.3 Å². The summed E-state index contributed by atoms with van der Waals surface area (Å²) < 4.78 is 28.1. The average molecular weight is 333 g/mol. The number of hydrogen-bond donors (Lipinski definition) is 0. The van der Waals surface area contributed by atoms with Crippen LogP contribution in [0, 0.1) is 23.0 Å². The first-order chi connectivity index (χ1) is 11.1. The van der Waals surface area contributed by atoms with Crippen molar-refractivity contribution in [3.63, 3.8) is 0 Å². The van der Waals surface area contributed by atoms with Crippen LogP contribution in [0.25, 0.3) is 0 Å². The summed E-state index contributed by atoms with van der Waals surface area (Å²) in [6.45, 7) is 1.48. The summed E-state index contributed by atoms with van der Waals surface area (Å²) in [4.78, 5) is 15.5. The zero-order valence-corrected chi connectivity index (χ0v) is 12.9. The Bertz CT molecular complexity index is 739. The molecule has 0 saturated carbocycles. The molecule has 23 heavy (non-hydrogen) atoms. The number of piperazine rings is 1. The van der Waals surface area contributed by atoms with Crippen molar-refractivity contribution in [3.05, 3.63) is 51.7 Å². The quantitative estimate of drug-likeness (QED) is 0.849. The third-order valence-electron chi connectivity index (χ3n) is 3.80. The number of rotatable bonds is 2. The molecule has 1 aliphatic heterocycles. The molecule has 1 aromatic carbocycles. The number of halogens is 2. The molecule has 0 atom stereocenters. The molecule has 0 spiro atoms. The molecular formula is C16H13F2N3OS. The van der Waals surface area contributed by atoms with E-state index in [-0.39, 0.29) is 17.2 Å². The summed E-state index contributed by atoms with van der Waals surface area (Å²) in [7, 11) is 0. The zero-order chi connectivity index (χ0) is 16.4. The van der Waals surface area contributed by atoms with Gasteiger partial charge in [-0.1, -0.05) is 0 Å². The lowest BCUT2D eigenvalue weighted by Gasteiger charge is -2.36. The molecule has 7 heteroatoms. The highest BCUT2D eigenvalue weighted by Gasteiger charge is 2.26. The van der Waals surface area contributed by atoms with E-state index in [1.165, 1.54) is 11.3 Å². The van der Waals surface area contributed by atoms with Gasteiger partial charge >= 0.3 is 0 Å². The number of nitriles is 1. The summed E-state index contributed by atoms with van der Waals surface area (Å²) in [6.07, 6.45) is 0.